The fraction of sp³-hybridized carbons (Fsp3) is 0.628. The van der Waals surface area contributed by atoms with Gasteiger partial charge in [0.15, 0.2) is 5.96 Å². The number of nitrogens with one attached hydrogen (secondary N) is 8. The summed E-state index contributed by atoms with van der Waals surface area (Å²) < 4.78 is 0. The van der Waals surface area contributed by atoms with Gasteiger partial charge in [-0.2, -0.15) is 0 Å². The van der Waals surface area contributed by atoms with Crippen LogP contribution in [0.25, 0.3) is 0 Å². The number of hydrogen-bond donors (Lipinski definition) is 16. The molecule has 0 aliphatic carbocycles. The summed E-state index contributed by atoms with van der Waals surface area (Å²) in [7, 11) is 0. The molecule has 376 valence electrons. The SMILES string of the molecule is C/C=C1\NC(=O)C(NC(=O)CCCc2ccc(C)cc2)C(O)CNC(=O)C(C(O)CN)NC(=O)C(C(O)CN)NC(=O)[C@H](CCCN=C(N)N)NC[C@H](CC(C)C)NC(=O)[C@H](CCN)NC1=O. The van der Waals surface area contributed by atoms with Crippen molar-refractivity contribution >= 4 is 47.3 Å². The van der Waals surface area contributed by atoms with Gasteiger partial charge in [-0.3, -0.25) is 38.6 Å². The van der Waals surface area contributed by atoms with E-state index in [1.54, 1.807) is 0 Å². The van der Waals surface area contributed by atoms with E-state index in [9.17, 15) is 48.9 Å². The van der Waals surface area contributed by atoms with Crippen LogP contribution in [-0.2, 0) is 40.0 Å². The summed E-state index contributed by atoms with van der Waals surface area (Å²) in [6.45, 7) is 5.36. The second-order valence-corrected chi connectivity index (χ2v) is 16.8. The van der Waals surface area contributed by atoms with Crippen molar-refractivity contribution in [3.05, 3.63) is 47.2 Å². The van der Waals surface area contributed by atoms with E-state index < -0.39 is 116 Å². The molecular weight excluding hydrogens is 873 g/mol. The normalized spacial score (nSPS) is 24.8. The van der Waals surface area contributed by atoms with Gasteiger partial charge in [0.25, 0.3) is 5.91 Å². The molecule has 21 N–H and O–H groups in total. The molecule has 1 heterocycles. The lowest BCUT2D eigenvalue weighted by molar-refractivity contribution is -0.137. The molecule has 0 saturated carbocycles. The van der Waals surface area contributed by atoms with Crippen LogP contribution >= 0.6 is 0 Å². The first-order valence-corrected chi connectivity index (χ1v) is 22.5. The number of allylic oxidation sites excluding steroid dienone is 1. The first-order valence-electron chi connectivity index (χ1n) is 22.5. The lowest BCUT2D eigenvalue weighted by Gasteiger charge is -2.30. The zero-order valence-electron chi connectivity index (χ0n) is 38.9. The van der Waals surface area contributed by atoms with Crippen molar-refractivity contribution in [3.63, 3.8) is 0 Å². The third-order valence-corrected chi connectivity index (χ3v) is 10.7. The Labute approximate surface area is 391 Å². The standard InChI is InChI=1S/C43H74N14O10/c1-5-27-37(62)54-29(15-16-44)39(64)52-26(18-23(2)3)21-50-28(9-7-17-49-43(47)48)38(63)56-35(31(59)20-46)42(67)57-34(30(58)19-45)40(65)51-22-32(60)36(41(66)53-27)55-33(61)10-6-8-25-13-11-24(4)12-14-25/h5,11-14,23,26,28-32,34-36,50,58-60H,6-10,15-22,44-46H2,1-4H3,(H,51,65)(H,52,64)(H,53,66)(H,54,62)(H,55,61)(H,56,63)(H,57,67)(H4,47,48,49)/b27-5-/t26-,28-,29-,30?,31?,32?,34?,35?,36?/m0/s1. The summed E-state index contributed by atoms with van der Waals surface area (Å²) in [6.07, 6.45) is -2.66. The summed E-state index contributed by atoms with van der Waals surface area (Å²) in [5.41, 5.74) is 29.9. The average molecular weight is 947 g/mol. The number of rotatable bonds is 17. The number of nitrogens with zero attached hydrogens (tertiary/aromatic N) is 1. The summed E-state index contributed by atoms with van der Waals surface area (Å²) in [4.78, 5) is 100. The molecule has 6 unspecified atom stereocenters. The molecule has 9 atom stereocenters. The van der Waals surface area contributed by atoms with Crippen LogP contribution in [0.1, 0.15) is 70.4 Å². The van der Waals surface area contributed by atoms with Gasteiger partial charge in [-0.1, -0.05) is 49.8 Å². The van der Waals surface area contributed by atoms with Crippen molar-refractivity contribution < 1.29 is 48.9 Å². The Morgan fingerprint density at radius 1 is 0.821 bits per heavy atom. The molecule has 1 aromatic rings. The minimum atomic E-state index is -1.89. The van der Waals surface area contributed by atoms with E-state index in [-0.39, 0.29) is 62.9 Å². The van der Waals surface area contributed by atoms with E-state index in [1.807, 2.05) is 45.0 Å². The van der Waals surface area contributed by atoms with Gasteiger partial charge in [0.1, 0.15) is 36.0 Å². The quantitative estimate of drug-likeness (QED) is 0.0300. The molecule has 1 aliphatic heterocycles. The van der Waals surface area contributed by atoms with Crippen molar-refractivity contribution in [3.8, 4) is 0 Å². The summed E-state index contributed by atoms with van der Waals surface area (Å²) >= 11 is 0. The van der Waals surface area contributed by atoms with Crippen LogP contribution < -0.4 is 71.2 Å². The Morgan fingerprint density at radius 2 is 1.43 bits per heavy atom. The van der Waals surface area contributed by atoms with Crippen LogP contribution in [0.3, 0.4) is 0 Å². The number of aliphatic imine (C=N–C) groups is 1. The van der Waals surface area contributed by atoms with E-state index >= 15 is 0 Å². The van der Waals surface area contributed by atoms with E-state index in [0.717, 1.165) is 11.1 Å². The molecule has 24 nitrogen and oxygen atoms in total. The highest BCUT2D eigenvalue weighted by molar-refractivity contribution is 6.01. The van der Waals surface area contributed by atoms with Gasteiger partial charge in [-0.15, -0.1) is 0 Å². The zero-order chi connectivity index (χ0) is 50.2. The van der Waals surface area contributed by atoms with Gasteiger partial charge in [0.05, 0.1) is 18.2 Å². The van der Waals surface area contributed by atoms with Crippen molar-refractivity contribution in [1.29, 1.82) is 0 Å². The molecule has 0 aromatic heterocycles. The van der Waals surface area contributed by atoms with Gasteiger partial charge >= 0.3 is 0 Å². The van der Waals surface area contributed by atoms with E-state index in [0.29, 0.717) is 19.3 Å². The number of aryl methyl sites for hydroxylation is 2. The smallest absolute Gasteiger partial charge is 0.268 e. The first kappa shape index (κ1) is 57.4. The molecule has 0 radical (unpaired) electrons. The first-order chi connectivity index (χ1) is 31.7. The number of benzene rings is 1. The lowest BCUT2D eigenvalue weighted by Crippen LogP contribution is -2.64. The molecule has 1 saturated heterocycles. The van der Waals surface area contributed by atoms with Crippen molar-refractivity contribution in [2.45, 2.75) is 127 Å². The number of guanidine groups is 1. The van der Waals surface area contributed by atoms with Gasteiger partial charge in [0, 0.05) is 45.2 Å². The Kier molecular flexibility index (Phi) is 25.5. The van der Waals surface area contributed by atoms with Crippen LogP contribution in [0.4, 0.5) is 0 Å². The van der Waals surface area contributed by atoms with Gasteiger partial charge < -0.3 is 86.5 Å². The van der Waals surface area contributed by atoms with Crippen LogP contribution in [0.2, 0.25) is 0 Å². The summed E-state index contributed by atoms with van der Waals surface area (Å²) in [5.74, 6) is -6.53. The Balaban J connectivity index is 2.63. The molecule has 2 rings (SSSR count). The lowest BCUT2D eigenvalue weighted by atomic mass is 10.0. The summed E-state index contributed by atoms with van der Waals surface area (Å²) in [5, 5.41) is 53.7. The monoisotopic (exact) mass is 947 g/mol. The Morgan fingerprint density at radius 3 is 2.01 bits per heavy atom. The number of aliphatic hydroxyl groups excluding tert-OH is 3. The third-order valence-electron chi connectivity index (χ3n) is 10.7. The maximum Gasteiger partial charge on any atom is 0.268 e. The molecule has 0 bridgehead atoms. The largest absolute Gasteiger partial charge is 0.389 e. The second kappa shape index (κ2) is 29.8. The third kappa shape index (κ3) is 20.3. The Hall–Kier alpha value is -5.76. The van der Waals surface area contributed by atoms with Crippen LogP contribution in [-0.4, -0.2) is 156 Å². The molecule has 67 heavy (non-hydrogen) atoms. The molecule has 1 aromatic carbocycles. The fourth-order valence-corrected chi connectivity index (χ4v) is 6.98. The number of aliphatic hydroxyl groups is 3. The van der Waals surface area contributed by atoms with Crippen molar-refractivity contribution in [1.82, 2.24) is 42.5 Å². The zero-order valence-corrected chi connectivity index (χ0v) is 38.9. The van der Waals surface area contributed by atoms with E-state index in [2.05, 4.69) is 47.5 Å². The van der Waals surface area contributed by atoms with Crippen LogP contribution in [0.15, 0.2) is 41.0 Å². The highest BCUT2D eigenvalue weighted by atomic mass is 16.3. The maximum absolute atomic E-state index is 14.0. The van der Waals surface area contributed by atoms with Crippen LogP contribution in [0, 0.1) is 12.8 Å². The summed E-state index contributed by atoms with van der Waals surface area (Å²) in [6, 6.07) is -0.736. The van der Waals surface area contributed by atoms with Gasteiger partial charge in [0.2, 0.25) is 35.4 Å². The molecule has 24 heteroatoms. The topological polar surface area (TPSA) is 419 Å². The Bertz CT molecular complexity index is 1850. The number of nitrogens with two attached hydrogens (primary N) is 5. The minimum Gasteiger partial charge on any atom is -0.389 e. The predicted molar refractivity (Wildman–Crippen MR) is 250 cm³/mol. The number of hydrogen-bond acceptors (Lipinski definition) is 15. The van der Waals surface area contributed by atoms with Crippen LogP contribution in [0.5, 0.6) is 0 Å². The van der Waals surface area contributed by atoms with Gasteiger partial charge in [-0.25, -0.2) is 0 Å². The minimum absolute atomic E-state index is 0.00930. The number of amides is 7. The second-order valence-electron chi connectivity index (χ2n) is 16.8. The molecule has 1 aliphatic rings. The molecular formula is C43H74N14O10. The average Bonchev–Trinajstić information content (AvgIpc) is 3.28. The number of carbonyl (C=O) groups excluding carboxylic acids is 7. The van der Waals surface area contributed by atoms with E-state index in [4.69, 9.17) is 28.7 Å². The fourth-order valence-electron chi connectivity index (χ4n) is 6.98. The molecule has 7 amide bonds. The maximum atomic E-state index is 14.0. The molecule has 0 spiro atoms. The van der Waals surface area contributed by atoms with Crippen molar-refractivity contribution in [2.24, 2.45) is 39.6 Å². The number of carbonyl (C=O) groups is 7. The van der Waals surface area contributed by atoms with Crippen molar-refractivity contribution in [2.75, 3.05) is 39.3 Å². The predicted octanol–water partition coefficient (Wildman–Crippen LogP) is -5.70. The number of β-amino-alcohol motifs (C(OH)–C–C–N with tert-alkyl or cyclic N) is 1. The van der Waals surface area contributed by atoms with E-state index in [1.165, 1.54) is 13.0 Å². The highest BCUT2D eigenvalue weighted by Crippen LogP contribution is 2.11. The highest BCUT2D eigenvalue weighted by Gasteiger charge is 2.37. The molecule has 1 fully saturated rings. The van der Waals surface area contributed by atoms with Gasteiger partial charge in [-0.05, 0) is 70.4 Å².